The van der Waals surface area contributed by atoms with Crippen molar-refractivity contribution in [1.29, 1.82) is 0 Å². The van der Waals surface area contributed by atoms with Gasteiger partial charge in [-0.15, -0.1) is 0 Å². The van der Waals surface area contributed by atoms with Crippen LogP contribution in [0.1, 0.15) is 64.2 Å². The van der Waals surface area contributed by atoms with Gasteiger partial charge in [0.15, 0.2) is 0 Å². The second-order valence-electron chi connectivity index (χ2n) is 7.47. The lowest BCUT2D eigenvalue weighted by molar-refractivity contribution is 0.0652. The average Bonchev–Trinajstić information content (AvgIpc) is 3.32. The molecule has 0 aromatic rings. The smallest absolute Gasteiger partial charge is 0.0777 e. The van der Waals surface area contributed by atoms with Gasteiger partial charge in [0, 0.05) is 38.3 Å². The molecule has 1 heterocycles. The standard InChI is InChI=1S/C19H37NO4/c21-13-5-2-1-3-8-16(23)10-12-20(11-4-6-14-22)18-17-9-7-15-24-19(17)18/h16-19,21-23H,1-15H2. The van der Waals surface area contributed by atoms with Crippen LogP contribution in [0.2, 0.25) is 0 Å². The summed E-state index contributed by atoms with van der Waals surface area (Å²) >= 11 is 0. The predicted molar refractivity (Wildman–Crippen MR) is 94.9 cm³/mol. The second-order valence-corrected chi connectivity index (χ2v) is 7.47. The normalized spacial score (nSPS) is 27.2. The highest BCUT2D eigenvalue weighted by atomic mass is 16.5. The van der Waals surface area contributed by atoms with E-state index >= 15 is 0 Å². The van der Waals surface area contributed by atoms with Gasteiger partial charge in [-0.2, -0.15) is 0 Å². The van der Waals surface area contributed by atoms with E-state index in [4.69, 9.17) is 14.9 Å². The molecule has 5 nitrogen and oxygen atoms in total. The predicted octanol–water partition coefficient (Wildman–Crippen LogP) is 1.93. The third-order valence-electron chi connectivity index (χ3n) is 5.52. The van der Waals surface area contributed by atoms with Gasteiger partial charge in [-0.05, 0) is 51.5 Å². The van der Waals surface area contributed by atoms with E-state index in [0.29, 0.717) is 18.1 Å². The van der Waals surface area contributed by atoms with Gasteiger partial charge < -0.3 is 20.1 Å². The molecule has 142 valence electrons. The Bertz CT molecular complexity index is 316. The molecule has 5 heteroatoms. The summed E-state index contributed by atoms with van der Waals surface area (Å²) in [6, 6.07) is 0.544. The van der Waals surface area contributed by atoms with Crippen molar-refractivity contribution in [3.05, 3.63) is 0 Å². The van der Waals surface area contributed by atoms with E-state index in [9.17, 15) is 5.11 Å². The van der Waals surface area contributed by atoms with Crippen molar-refractivity contribution in [2.75, 3.05) is 32.9 Å². The third-order valence-corrected chi connectivity index (χ3v) is 5.52. The molecule has 1 saturated heterocycles. The summed E-state index contributed by atoms with van der Waals surface area (Å²) in [5.74, 6) is 0.698. The summed E-state index contributed by atoms with van der Waals surface area (Å²) in [5, 5.41) is 28.0. The van der Waals surface area contributed by atoms with Crippen molar-refractivity contribution in [3.8, 4) is 0 Å². The maximum atomic E-state index is 10.2. The van der Waals surface area contributed by atoms with Gasteiger partial charge in [0.05, 0.1) is 12.2 Å². The first-order chi connectivity index (χ1) is 11.8. The number of nitrogens with zero attached hydrogens (tertiary/aromatic N) is 1. The molecule has 0 amide bonds. The summed E-state index contributed by atoms with van der Waals surface area (Å²) in [6.45, 7) is 3.38. The molecule has 1 aliphatic carbocycles. The maximum Gasteiger partial charge on any atom is 0.0777 e. The fraction of sp³-hybridized carbons (Fsp3) is 1.00. The lowest BCUT2D eigenvalue weighted by atomic mass is 10.1. The van der Waals surface area contributed by atoms with Crippen LogP contribution >= 0.6 is 0 Å². The second kappa shape index (κ2) is 11.4. The monoisotopic (exact) mass is 343 g/mol. The van der Waals surface area contributed by atoms with E-state index in [1.807, 2.05) is 0 Å². The van der Waals surface area contributed by atoms with E-state index in [0.717, 1.165) is 71.1 Å². The number of aliphatic hydroxyl groups excluding tert-OH is 3. The molecule has 1 saturated carbocycles. The zero-order valence-corrected chi connectivity index (χ0v) is 15.1. The first-order valence-corrected chi connectivity index (χ1v) is 10.0. The Kier molecular flexibility index (Phi) is 9.57. The van der Waals surface area contributed by atoms with Gasteiger partial charge >= 0.3 is 0 Å². The Morgan fingerprint density at radius 3 is 2.38 bits per heavy atom. The van der Waals surface area contributed by atoms with Crippen molar-refractivity contribution in [3.63, 3.8) is 0 Å². The van der Waals surface area contributed by atoms with Gasteiger partial charge in [-0.3, -0.25) is 4.90 Å². The van der Waals surface area contributed by atoms with Crippen molar-refractivity contribution < 1.29 is 20.1 Å². The molecule has 4 unspecified atom stereocenters. The Morgan fingerprint density at radius 2 is 1.67 bits per heavy atom. The van der Waals surface area contributed by atoms with Crippen LogP contribution in [0.4, 0.5) is 0 Å². The first kappa shape index (κ1) is 20.1. The number of fused-ring (bicyclic) bond motifs is 1. The Balaban J connectivity index is 1.66. The topological polar surface area (TPSA) is 73.2 Å². The molecule has 24 heavy (non-hydrogen) atoms. The minimum Gasteiger partial charge on any atom is -0.396 e. The summed E-state index contributed by atoms with van der Waals surface area (Å²) in [4.78, 5) is 2.51. The van der Waals surface area contributed by atoms with E-state index in [2.05, 4.69) is 4.90 Å². The molecule has 4 atom stereocenters. The summed E-state index contributed by atoms with van der Waals surface area (Å²) in [6.07, 6.45) is 10.3. The maximum absolute atomic E-state index is 10.2. The van der Waals surface area contributed by atoms with Crippen LogP contribution in [-0.2, 0) is 4.74 Å². The van der Waals surface area contributed by atoms with Crippen LogP contribution in [0.15, 0.2) is 0 Å². The quantitative estimate of drug-likeness (QED) is 0.420. The van der Waals surface area contributed by atoms with Gasteiger partial charge in [0.25, 0.3) is 0 Å². The summed E-state index contributed by atoms with van der Waals surface area (Å²) in [7, 11) is 0. The van der Waals surface area contributed by atoms with Crippen molar-refractivity contribution in [2.45, 2.75) is 82.5 Å². The van der Waals surface area contributed by atoms with Crippen LogP contribution in [0.25, 0.3) is 0 Å². The highest BCUT2D eigenvalue weighted by Crippen LogP contribution is 2.45. The largest absolute Gasteiger partial charge is 0.396 e. The highest BCUT2D eigenvalue weighted by molar-refractivity contribution is 5.07. The molecule has 0 radical (unpaired) electrons. The lowest BCUT2D eigenvalue weighted by Gasteiger charge is -2.24. The Labute approximate surface area is 147 Å². The molecule has 0 aromatic carbocycles. The van der Waals surface area contributed by atoms with Crippen LogP contribution in [-0.4, -0.2) is 71.4 Å². The van der Waals surface area contributed by atoms with Gasteiger partial charge in [0.1, 0.15) is 0 Å². The van der Waals surface area contributed by atoms with Crippen molar-refractivity contribution in [1.82, 2.24) is 4.90 Å². The molecule has 2 rings (SSSR count). The third kappa shape index (κ3) is 6.60. The van der Waals surface area contributed by atoms with Crippen LogP contribution in [0.3, 0.4) is 0 Å². The summed E-state index contributed by atoms with van der Waals surface area (Å²) < 4.78 is 5.89. The van der Waals surface area contributed by atoms with E-state index in [1.165, 1.54) is 12.8 Å². The molecular weight excluding hydrogens is 306 g/mol. The minimum absolute atomic E-state index is 0.221. The number of hydrogen-bond donors (Lipinski definition) is 3. The SMILES string of the molecule is OCCCCCCC(O)CCN(CCCCO)C1C2CCCOC21. The van der Waals surface area contributed by atoms with Crippen LogP contribution in [0.5, 0.6) is 0 Å². The fourth-order valence-corrected chi connectivity index (χ4v) is 4.04. The molecule has 0 spiro atoms. The number of rotatable bonds is 14. The van der Waals surface area contributed by atoms with E-state index < -0.39 is 0 Å². The number of aliphatic hydroxyl groups is 3. The lowest BCUT2D eigenvalue weighted by Crippen LogP contribution is -2.33. The number of unbranched alkanes of at least 4 members (excludes halogenated alkanes) is 4. The average molecular weight is 344 g/mol. The highest BCUT2D eigenvalue weighted by Gasteiger charge is 2.55. The van der Waals surface area contributed by atoms with Crippen LogP contribution in [0, 0.1) is 5.92 Å². The summed E-state index contributed by atoms with van der Waals surface area (Å²) in [5.41, 5.74) is 0. The molecule has 0 aromatic heterocycles. The zero-order chi connectivity index (χ0) is 17.2. The fourth-order valence-electron chi connectivity index (χ4n) is 4.04. The molecule has 0 bridgehead atoms. The van der Waals surface area contributed by atoms with Crippen LogP contribution < -0.4 is 0 Å². The Hall–Kier alpha value is -0.200. The Morgan fingerprint density at radius 1 is 0.917 bits per heavy atom. The molecule has 2 fully saturated rings. The molecule has 1 aliphatic heterocycles. The van der Waals surface area contributed by atoms with Gasteiger partial charge in [-0.25, -0.2) is 0 Å². The zero-order valence-electron chi connectivity index (χ0n) is 15.1. The van der Waals surface area contributed by atoms with Crippen molar-refractivity contribution >= 4 is 0 Å². The number of ether oxygens (including phenoxy) is 1. The number of hydrogen-bond acceptors (Lipinski definition) is 5. The minimum atomic E-state index is -0.221. The van der Waals surface area contributed by atoms with E-state index in [1.54, 1.807) is 0 Å². The molecule has 3 N–H and O–H groups in total. The first-order valence-electron chi connectivity index (χ1n) is 10.0. The molecule has 2 aliphatic rings. The van der Waals surface area contributed by atoms with E-state index in [-0.39, 0.29) is 19.3 Å². The van der Waals surface area contributed by atoms with Gasteiger partial charge in [0.2, 0.25) is 0 Å². The van der Waals surface area contributed by atoms with Crippen molar-refractivity contribution in [2.24, 2.45) is 5.92 Å². The van der Waals surface area contributed by atoms with Gasteiger partial charge in [-0.1, -0.05) is 19.3 Å². The molecular formula is C19H37NO4.